The maximum Gasteiger partial charge on any atom is 0.338 e. The highest BCUT2D eigenvalue weighted by molar-refractivity contribution is 5.91. The van der Waals surface area contributed by atoms with Crippen LogP contribution in [0.2, 0.25) is 0 Å². The topological polar surface area (TPSA) is 58.6 Å². The summed E-state index contributed by atoms with van der Waals surface area (Å²) in [5.41, 5.74) is 1.37. The average Bonchev–Trinajstić information content (AvgIpc) is 2.38. The Kier molecular flexibility index (Phi) is 5.32. The maximum atomic E-state index is 11.6. The van der Waals surface area contributed by atoms with Crippen LogP contribution >= 0.6 is 0 Å². The van der Waals surface area contributed by atoms with E-state index in [0.717, 1.165) is 5.56 Å². The van der Waals surface area contributed by atoms with Gasteiger partial charge in [-0.15, -0.1) is 0 Å². The molecule has 0 spiro atoms. The lowest BCUT2D eigenvalue weighted by atomic mass is 10.1. The Labute approximate surface area is 107 Å². The van der Waals surface area contributed by atoms with Crippen LogP contribution in [0.4, 0.5) is 0 Å². The number of hydrogen-bond acceptors (Lipinski definition) is 4. The highest BCUT2D eigenvalue weighted by Gasteiger charge is 2.13. The first-order valence-electron chi connectivity index (χ1n) is 5.63. The standard InChI is InChI=1S/C13H18N2O3/c1-14-12(16)9-15(2)8-10-6-4-5-7-11(10)13(17)18-3/h4-7H,8-9H2,1-3H3,(H,14,16). The molecule has 1 amide bonds. The van der Waals surface area contributed by atoms with Crippen molar-refractivity contribution in [1.29, 1.82) is 0 Å². The second-order valence-corrected chi connectivity index (χ2v) is 3.99. The van der Waals surface area contributed by atoms with Crippen LogP contribution < -0.4 is 5.32 Å². The molecule has 1 aromatic rings. The van der Waals surface area contributed by atoms with Crippen LogP contribution in [0.1, 0.15) is 15.9 Å². The van der Waals surface area contributed by atoms with Crippen LogP contribution in [0.5, 0.6) is 0 Å². The van der Waals surface area contributed by atoms with Crippen molar-refractivity contribution in [2.24, 2.45) is 0 Å². The van der Waals surface area contributed by atoms with Gasteiger partial charge in [-0.1, -0.05) is 18.2 Å². The summed E-state index contributed by atoms with van der Waals surface area (Å²) in [6.07, 6.45) is 0. The molecule has 5 heteroatoms. The van der Waals surface area contributed by atoms with E-state index in [4.69, 9.17) is 4.74 Å². The van der Waals surface area contributed by atoms with Crippen molar-refractivity contribution < 1.29 is 14.3 Å². The van der Waals surface area contributed by atoms with Crippen LogP contribution in [0.25, 0.3) is 0 Å². The Morgan fingerprint density at radius 3 is 2.61 bits per heavy atom. The van der Waals surface area contributed by atoms with Crippen molar-refractivity contribution in [2.75, 3.05) is 27.7 Å². The number of benzene rings is 1. The lowest BCUT2D eigenvalue weighted by Crippen LogP contribution is -2.33. The van der Waals surface area contributed by atoms with Gasteiger partial charge in [-0.05, 0) is 18.7 Å². The molecular formula is C13H18N2O3. The van der Waals surface area contributed by atoms with E-state index in [9.17, 15) is 9.59 Å². The van der Waals surface area contributed by atoms with Gasteiger partial charge in [-0.3, -0.25) is 9.69 Å². The molecule has 0 aliphatic carbocycles. The molecule has 0 aromatic heterocycles. The number of carbonyl (C=O) groups excluding carboxylic acids is 2. The number of ether oxygens (including phenoxy) is 1. The quantitative estimate of drug-likeness (QED) is 0.780. The molecule has 0 fully saturated rings. The van der Waals surface area contributed by atoms with Gasteiger partial charge in [-0.2, -0.15) is 0 Å². The smallest absolute Gasteiger partial charge is 0.338 e. The Hall–Kier alpha value is -1.88. The van der Waals surface area contributed by atoms with E-state index in [1.807, 2.05) is 24.1 Å². The molecule has 0 saturated carbocycles. The molecule has 0 atom stereocenters. The van der Waals surface area contributed by atoms with E-state index in [-0.39, 0.29) is 18.4 Å². The Morgan fingerprint density at radius 1 is 1.33 bits per heavy atom. The minimum atomic E-state index is -0.362. The van der Waals surface area contributed by atoms with Gasteiger partial charge >= 0.3 is 5.97 Å². The number of nitrogens with zero attached hydrogens (tertiary/aromatic N) is 1. The second-order valence-electron chi connectivity index (χ2n) is 3.99. The van der Waals surface area contributed by atoms with Crippen LogP contribution in [0.3, 0.4) is 0 Å². The van der Waals surface area contributed by atoms with E-state index < -0.39 is 0 Å². The summed E-state index contributed by atoms with van der Waals surface area (Å²) in [4.78, 5) is 24.7. The summed E-state index contributed by atoms with van der Waals surface area (Å²) in [7, 11) is 4.77. The predicted molar refractivity (Wildman–Crippen MR) is 68.2 cm³/mol. The first-order chi connectivity index (χ1) is 8.58. The average molecular weight is 250 g/mol. The Morgan fingerprint density at radius 2 is 2.00 bits per heavy atom. The lowest BCUT2D eigenvalue weighted by Gasteiger charge is -2.17. The molecule has 0 aliphatic rings. The minimum Gasteiger partial charge on any atom is -0.465 e. The predicted octanol–water partition coefficient (Wildman–Crippen LogP) is 0.651. The van der Waals surface area contributed by atoms with Crippen LogP contribution in [-0.4, -0.2) is 44.5 Å². The molecule has 98 valence electrons. The molecule has 0 bridgehead atoms. The summed E-state index contributed by atoms with van der Waals surface area (Å²) >= 11 is 0. The highest BCUT2D eigenvalue weighted by Crippen LogP contribution is 2.12. The van der Waals surface area contributed by atoms with Crippen LogP contribution in [0, 0.1) is 0 Å². The zero-order valence-electron chi connectivity index (χ0n) is 10.9. The maximum absolute atomic E-state index is 11.6. The number of rotatable bonds is 5. The molecule has 0 aliphatic heterocycles. The van der Waals surface area contributed by atoms with Gasteiger partial charge in [0.25, 0.3) is 0 Å². The van der Waals surface area contributed by atoms with Crippen molar-refractivity contribution in [3.63, 3.8) is 0 Å². The number of esters is 1. The molecule has 1 aromatic carbocycles. The summed E-state index contributed by atoms with van der Waals surface area (Å²) in [5.74, 6) is -0.424. The van der Waals surface area contributed by atoms with Gasteiger partial charge in [0, 0.05) is 13.6 Å². The Bertz CT molecular complexity index is 432. The number of nitrogens with one attached hydrogen (secondary N) is 1. The molecule has 5 nitrogen and oxygen atoms in total. The zero-order chi connectivity index (χ0) is 13.5. The van der Waals surface area contributed by atoms with E-state index in [1.165, 1.54) is 7.11 Å². The van der Waals surface area contributed by atoms with E-state index in [1.54, 1.807) is 19.2 Å². The van der Waals surface area contributed by atoms with Crippen molar-refractivity contribution >= 4 is 11.9 Å². The van der Waals surface area contributed by atoms with Gasteiger partial charge in [-0.25, -0.2) is 4.79 Å². The summed E-state index contributed by atoms with van der Waals surface area (Å²) in [5, 5.41) is 2.56. The number of methoxy groups -OCH3 is 1. The number of amides is 1. The summed E-state index contributed by atoms with van der Waals surface area (Å²) in [6.45, 7) is 0.796. The van der Waals surface area contributed by atoms with Gasteiger partial charge in [0.05, 0.1) is 19.2 Å². The third-order valence-corrected chi connectivity index (χ3v) is 2.56. The molecular weight excluding hydrogens is 232 g/mol. The zero-order valence-corrected chi connectivity index (χ0v) is 10.9. The van der Waals surface area contributed by atoms with Crippen molar-refractivity contribution in [3.8, 4) is 0 Å². The molecule has 0 unspecified atom stereocenters. The van der Waals surface area contributed by atoms with Gasteiger partial charge in [0.1, 0.15) is 0 Å². The summed E-state index contributed by atoms with van der Waals surface area (Å²) in [6, 6.07) is 7.21. The van der Waals surface area contributed by atoms with Gasteiger partial charge in [0.15, 0.2) is 0 Å². The van der Waals surface area contributed by atoms with Crippen LogP contribution in [0.15, 0.2) is 24.3 Å². The van der Waals surface area contributed by atoms with Crippen molar-refractivity contribution in [1.82, 2.24) is 10.2 Å². The molecule has 0 saturated heterocycles. The normalized spacial score (nSPS) is 10.2. The molecule has 1 rings (SSSR count). The molecule has 0 heterocycles. The van der Waals surface area contributed by atoms with Crippen molar-refractivity contribution in [2.45, 2.75) is 6.54 Å². The monoisotopic (exact) mass is 250 g/mol. The molecule has 18 heavy (non-hydrogen) atoms. The fraction of sp³-hybridized carbons (Fsp3) is 0.385. The first kappa shape index (κ1) is 14.2. The minimum absolute atomic E-state index is 0.0620. The Balaban J connectivity index is 2.78. The lowest BCUT2D eigenvalue weighted by molar-refractivity contribution is -0.121. The first-order valence-corrected chi connectivity index (χ1v) is 5.63. The van der Waals surface area contributed by atoms with Gasteiger partial charge in [0.2, 0.25) is 5.91 Å². The fourth-order valence-corrected chi connectivity index (χ4v) is 1.64. The van der Waals surface area contributed by atoms with E-state index >= 15 is 0 Å². The largest absolute Gasteiger partial charge is 0.465 e. The SMILES string of the molecule is CNC(=O)CN(C)Cc1ccccc1C(=O)OC. The number of hydrogen-bond donors (Lipinski definition) is 1. The number of carbonyl (C=O) groups is 2. The highest BCUT2D eigenvalue weighted by atomic mass is 16.5. The molecule has 0 radical (unpaired) electrons. The van der Waals surface area contributed by atoms with Crippen molar-refractivity contribution in [3.05, 3.63) is 35.4 Å². The number of likely N-dealkylation sites (N-methyl/N-ethyl adjacent to an activating group) is 2. The third kappa shape index (κ3) is 3.85. The van der Waals surface area contributed by atoms with Crippen LogP contribution in [-0.2, 0) is 16.1 Å². The van der Waals surface area contributed by atoms with Gasteiger partial charge < -0.3 is 10.1 Å². The fourth-order valence-electron chi connectivity index (χ4n) is 1.64. The summed E-state index contributed by atoms with van der Waals surface area (Å²) < 4.78 is 4.72. The van der Waals surface area contributed by atoms with E-state index in [0.29, 0.717) is 12.1 Å². The second kappa shape index (κ2) is 6.76. The third-order valence-electron chi connectivity index (χ3n) is 2.56. The molecule has 1 N–H and O–H groups in total. The van der Waals surface area contributed by atoms with E-state index in [2.05, 4.69) is 5.32 Å².